The van der Waals surface area contributed by atoms with Gasteiger partial charge in [-0.3, -0.25) is 9.36 Å². The van der Waals surface area contributed by atoms with Crippen molar-refractivity contribution in [2.75, 3.05) is 6.61 Å². The van der Waals surface area contributed by atoms with Crippen LogP contribution in [0.25, 0.3) is 11.0 Å². The molecule has 6 heteroatoms. The van der Waals surface area contributed by atoms with Crippen LogP contribution in [-0.2, 0) is 6.54 Å². The number of benzene rings is 1. The molecule has 0 fully saturated rings. The highest BCUT2D eigenvalue weighted by Gasteiger charge is 2.04. The number of halogens is 1. The lowest BCUT2D eigenvalue weighted by Crippen LogP contribution is -2.23. The van der Waals surface area contributed by atoms with Crippen molar-refractivity contribution in [1.29, 1.82) is 0 Å². The summed E-state index contributed by atoms with van der Waals surface area (Å²) in [5.74, 6) is 0.765. The fourth-order valence-corrected chi connectivity index (χ4v) is 2.21. The van der Waals surface area contributed by atoms with Crippen molar-refractivity contribution in [2.24, 2.45) is 0 Å². The number of fused-ring (bicyclic) bond motifs is 1. The number of ether oxygens (including phenoxy) is 1. The third kappa shape index (κ3) is 3.11. The van der Waals surface area contributed by atoms with Crippen LogP contribution in [0.5, 0.6) is 5.75 Å². The zero-order valence-corrected chi connectivity index (χ0v) is 12.7. The second kappa shape index (κ2) is 6.05. The lowest BCUT2D eigenvalue weighted by atomic mass is 10.3. The molecular weight excluding hydrogens is 334 g/mol. The van der Waals surface area contributed by atoms with Crippen molar-refractivity contribution < 1.29 is 4.74 Å². The molecule has 0 saturated carbocycles. The number of nitrogens with zero attached hydrogens (tertiary/aromatic N) is 3. The molecular formula is C15H12BrN3O2. The van der Waals surface area contributed by atoms with Crippen molar-refractivity contribution in [2.45, 2.75) is 6.54 Å². The maximum absolute atomic E-state index is 12.2. The van der Waals surface area contributed by atoms with Crippen LogP contribution in [-0.4, -0.2) is 21.1 Å². The van der Waals surface area contributed by atoms with Gasteiger partial charge in [0.15, 0.2) is 5.65 Å². The van der Waals surface area contributed by atoms with E-state index in [0.29, 0.717) is 24.2 Å². The summed E-state index contributed by atoms with van der Waals surface area (Å²) >= 11 is 3.37. The van der Waals surface area contributed by atoms with E-state index in [1.165, 1.54) is 10.9 Å². The first-order valence-electron chi connectivity index (χ1n) is 6.42. The average Bonchev–Trinajstić information content (AvgIpc) is 2.52. The van der Waals surface area contributed by atoms with E-state index in [9.17, 15) is 4.79 Å². The van der Waals surface area contributed by atoms with Gasteiger partial charge in [-0.1, -0.05) is 15.9 Å². The molecule has 2 aromatic heterocycles. The second-order valence-corrected chi connectivity index (χ2v) is 5.34. The van der Waals surface area contributed by atoms with Crippen molar-refractivity contribution >= 4 is 27.0 Å². The fourth-order valence-electron chi connectivity index (χ4n) is 1.95. The molecule has 0 aliphatic heterocycles. The molecule has 2 heterocycles. The van der Waals surface area contributed by atoms with Gasteiger partial charge in [0.1, 0.15) is 18.7 Å². The van der Waals surface area contributed by atoms with E-state index in [2.05, 4.69) is 25.9 Å². The second-order valence-electron chi connectivity index (χ2n) is 4.42. The smallest absolute Gasteiger partial charge is 0.262 e. The van der Waals surface area contributed by atoms with Crippen molar-refractivity contribution in [1.82, 2.24) is 14.5 Å². The molecule has 0 spiro atoms. The maximum Gasteiger partial charge on any atom is 0.262 e. The molecule has 3 rings (SSSR count). The SMILES string of the molecule is O=c1c2cccnc2ncn1CCOc1ccc(Br)cc1. The molecule has 3 aromatic rings. The van der Waals surface area contributed by atoms with Crippen LogP contribution >= 0.6 is 15.9 Å². The largest absolute Gasteiger partial charge is 0.492 e. The molecule has 0 amide bonds. The van der Waals surface area contributed by atoms with Crippen molar-refractivity contribution in [3.8, 4) is 5.75 Å². The van der Waals surface area contributed by atoms with E-state index in [0.717, 1.165) is 10.2 Å². The van der Waals surface area contributed by atoms with E-state index in [1.54, 1.807) is 18.3 Å². The van der Waals surface area contributed by atoms with Gasteiger partial charge in [-0.25, -0.2) is 9.97 Å². The van der Waals surface area contributed by atoms with Gasteiger partial charge < -0.3 is 4.74 Å². The Hall–Kier alpha value is -2.21. The van der Waals surface area contributed by atoms with Gasteiger partial charge in [-0.15, -0.1) is 0 Å². The van der Waals surface area contributed by atoms with Crippen LogP contribution in [0.2, 0.25) is 0 Å². The molecule has 0 aliphatic rings. The van der Waals surface area contributed by atoms with Gasteiger partial charge in [0.25, 0.3) is 5.56 Å². The summed E-state index contributed by atoms with van der Waals surface area (Å²) in [5.41, 5.74) is 0.361. The predicted molar refractivity (Wildman–Crippen MR) is 83.4 cm³/mol. The Bertz CT molecular complexity index is 815. The molecule has 0 aliphatic carbocycles. The average molecular weight is 346 g/mol. The third-order valence-electron chi connectivity index (χ3n) is 3.01. The standard InChI is InChI=1S/C15H12BrN3O2/c16-11-3-5-12(6-4-11)21-9-8-19-10-18-14-13(15(19)20)2-1-7-17-14/h1-7,10H,8-9H2. The summed E-state index contributed by atoms with van der Waals surface area (Å²) in [6, 6.07) is 11.0. The van der Waals surface area contributed by atoms with Crippen LogP contribution in [0.15, 0.2) is 58.2 Å². The lowest BCUT2D eigenvalue weighted by molar-refractivity contribution is 0.296. The molecule has 0 atom stereocenters. The molecule has 0 bridgehead atoms. The molecule has 5 nitrogen and oxygen atoms in total. The monoisotopic (exact) mass is 345 g/mol. The summed E-state index contributed by atoms with van der Waals surface area (Å²) in [4.78, 5) is 20.5. The number of rotatable bonds is 4. The number of hydrogen-bond acceptors (Lipinski definition) is 4. The molecule has 0 N–H and O–H groups in total. The van der Waals surface area contributed by atoms with Crippen LogP contribution in [0.3, 0.4) is 0 Å². The van der Waals surface area contributed by atoms with E-state index in [1.807, 2.05) is 24.3 Å². The summed E-state index contributed by atoms with van der Waals surface area (Å²) < 4.78 is 8.14. The van der Waals surface area contributed by atoms with Crippen molar-refractivity contribution in [3.63, 3.8) is 0 Å². The minimum atomic E-state index is -0.104. The summed E-state index contributed by atoms with van der Waals surface area (Å²) in [6.07, 6.45) is 3.12. The van der Waals surface area contributed by atoms with Crippen LogP contribution in [0, 0.1) is 0 Å². The Labute approximate surface area is 129 Å². The number of pyridine rings is 1. The van der Waals surface area contributed by atoms with Crippen LogP contribution in [0.1, 0.15) is 0 Å². The van der Waals surface area contributed by atoms with E-state index in [-0.39, 0.29) is 5.56 Å². The summed E-state index contributed by atoms with van der Waals surface area (Å²) in [7, 11) is 0. The first-order chi connectivity index (χ1) is 10.2. The number of aromatic nitrogens is 3. The first-order valence-corrected chi connectivity index (χ1v) is 7.22. The first kappa shape index (κ1) is 13.8. The zero-order chi connectivity index (χ0) is 14.7. The molecule has 21 heavy (non-hydrogen) atoms. The third-order valence-corrected chi connectivity index (χ3v) is 3.54. The molecule has 0 radical (unpaired) electrons. The molecule has 1 aromatic carbocycles. The van der Waals surface area contributed by atoms with Gasteiger partial charge in [0.05, 0.1) is 11.9 Å². The highest BCUT2D eigenvalue weighted by molar-refractivity contribution is 9.10. The predicted octanol–water partition coefficient (Wildman–Crippen LogP) is 2.63. The Kier molecular flexibility index (Phi) is 3.96. The minimum absolute atomic E-state index is 0.104. The highest BCUT2D eigenvalue weighted by Crippen LogP contribution is 2.15. The Morgan fingerprint density at radius 1 is 1.14 bits per heavy atom. The summed E-state index contributed by atoms with van der Waals surface area (Å²) in [6.45, 7) is 0.835. The van der Waals surface area contributed by atoms with E-state index < -0.39 is 0 Å². The van der Waals surface area contributed by atoms with Crippen LogP contribution in [0.4, 0.5) is 0 Å². The molecule has 106 valence electrons. The Morgan fingerprint density at radius 2 is 1.95 bits per heavy atom. The minimum Gasteiger partial charge on any atom is -0.492 e. The van der Waals surface area contributed by atoms with E-state index >= 15 is 0 Å². The topological polar surface area (TPSA) is 57.0 Å². The maximum atomic E-state index is 12.2. The quantitative estimate of drug-likeness (QED) is 0.729. The van der Waals surface area contributed by atoms with Crippen molar-refractivity contribution in [3.05, 3.63) is 63.7 Å². The van der Waals surface area contributed by atoms with Gasteiger partial charge >= 0.3 is 0 Å². The normalized spacial score (nSPS) is 10.7. The van der Waals surface area contributed by atoms with Gasteiger partial charge in [0, 0.05) is 10.7 Å². The Morgan fingerprint density at radius 3 is 2.76 bits per heavy atom. The fraction of sp³-hybridized carbons (Fsp3) is 0.133. The van der Waals surface area contributed by atoms with Crippen LogP contribution < -0.4 is 10.3 Å². The lowest BCUT2D eigenvalue weighted by Gasteiger charge is -2.08. The Balaban J connectivity index is 1.72. The number of hydrogen-bond donors (Lipinski definition) is 0. The molecule has 0 saturated heterocycles. The van der Waals surface area contributed by atoms with Gasteiger partial charge in [0.2, 0.25) is 0 Å². The zero-order valence-electron chi connectivity index (χ0n) is 11.1. The summed E-state index contributed by atoms with van der Waals surface area (Å²) in [5, 5.41) is 0.517. The van der Waals surface area contributed by atoms with Gasteiger partial charge in [-0.05, 0) is 36.4 Å². The molecule has 0 unspecified atom stereocenters. The van der Waals surface area contributed by atoms with E-state index in [4.69, 9.17) is 4.74 Å². The highest BCUT2D eigenvalue weighted by atomic mass is 79.9. The van der Waals surface area contributed by atoms with Gasteiger partial charge in [-0.2, -0.15) is 0 Å².